The molecule has 0 radical (unpaired) electrons. The number of rotatable bonds is 6. The minimum Gasteiger partial charge on any atom is -0.331 e. The van der Waals surface area contributed by atoms with Crippen molar-refractivity contribution in [3.63, 3.8) is 0 Å². The zero-order valence-electron chi connectivity index (χ0n) is 15.0. The average molecular weight is 336 g/mol. The zero-order valence-corrected chi connectivity index (χ0v) is 15.0. The molecule has 3 nitrogen and oxygen atoms in total. The summed E-state index contributed by atoms with van der Waals surface area (Å²) in [6.45, 7) is 3.38. The number of nitrogens with two attached hydrogens (primary N) is 1. The van der Waals surface area contributed by atoms with E-state index in [1.807, 2.05) is 41.3 Å². The molecule has 2 N–H and O–H groups in total. The van der Waals surface area contributed by atoms with Gasteiger partial charge in [-0.25, -0.2) is 0 Å². The Morgan fingerprint density at radius 2 is 1.72 bits per heavy atom. The molecule has 0 saturated heterocycles. The van der Waals surface area contributed by atoms with Gasteiger partial charge in [0, 0.05) is 12.5 Å². The van der Waals surface area contributed by atoms with Crippen molar-refractivity contribution in [2.45, 2.75) is 38.8 Å². The van der Waals surface area contributed by atoms with Crippen LogP contribution < -0.4 is 5.73 Å². The third-order valence-electron chi connectivity index (χ3n) is 5.51. The summed E-state index contributed by atoms with van der Waals surface area (Å²) in [4.78, 5) is 15.4. The van der Waals surface area contributed by atoms with Gasteiger partial charge in [-0.2, -0.15) is 0 Å². The monoisotopic (exact) mass is 336 g/mol. The Balaban J connectivity index is 1.87. The van der Waals surface area contributed by atoms with Crippen LogP contribution in [0.1, 0.15) is 43.4 Å². The van der Waals surface area contributed by atoms with E-state index < -0.39 is 0 Å². The van der Waals surface area contributed by atoms with Crippen molar-refractivity contribution in [3.05, 3.63) is 71.8 Å². The van der Waals surface area contributed by atoms with E-state index in [1.165, 1.54) is 11.1 Å². The molecule has 1 fully saturated rings. The molecule has 2 aromatic carbocycles. The van der Waals surface area contributed by atoms with Crippen LogP contribution in [0, 0.1) is 11.8 Å². The van der Waals surface area contributed by atoms with Crippen molar-refractivity contribution in [1.29, 1.82) is 0 Å². The van der Waals surface area contributed by atoms with Crippen molar-refractivity contribution >= 4 is 5.91 Å². The van der Waals surface area contributed by atoms with E-state index in [1.54, 1.807) is 0 Å². The topological polar surface area (TPSA) is 46.3 Å². The third-order valence-corrected chi connectivity index (χ3v) is 5.51. The molecule has 3 rings (SSSR count). The Kier molecular flexibility index (Phi) is 5.87. The minimum absolute atomic E-state index is 0.0490. The molecule has 3 atom stereocenters. The highest BCUT2D eigenvalue weighted by molar-refractivity contribution is 5.80. The summed E-state index contributed by atoms with van der Waals surface area (Å²) in [6, 6.07) is 20.6. The van der Waals surface area contributed by atoms with E-state index in [-0.39, 0.29) is 17.9 Å². The van der Waals surface area contributed by atoms with Gasteiger partial charge >= 0.3 is 0 Å². The van der Waals surface area contributed by atoms with Crippen LogP contribution in [0.4, 0.5) is 0 Å². The minimum atomic E-state index is 0.0490. The lowest BCUT2D eigenvalue weighted by Crippen LogP contribution is -2.40. The smallest absolute Gasteiger partial charge is 0.226 e. The van der Waals surface area contributed by atoms with Gasteiger partial charge in [0.1, 0.15) is 0 Å². The van der Waals surface area contributed by atoms with Gasteiger partial charge in [-0.3, -0.25) is 4.79 Å². The molecule has 1 amide bonds. The first kappa shape index (κ1) is 17.7. The Hall–Kier alpha value is -2.13. The van der Waals surface area contributed by atoms with Crippen molar-refractivity contribution in [2.24, 2.45) is 17.6 Å². The fourth-order valence-corrected chi connectivity index (χ4v) is 3.95. The largest absolute Gasteiger partial charge is 0.331 e. The fourth-order valence-electron chi connectivity index (χ4n) is 3.95. The fraction of sp³-hybridized carbons (Fsp3) is 0.409. The van der Waals surface area contributed by atoms with Gasteiger partial charge in [-0.15, -0.1) is 0 Å². The van der Waals surface area contributed by atoms with Crippen molar-refractivity contribution in [3.8, 4) is 0 Å². The number of carbonyl (C=O) groups excluding carboxylic acids is 1. The quantitative estimate of drug-likeness (QED) is 0.861. The highest BCUT2D eigenvalue weighted by Gasteiger charge is 2.36. The Morgan fingerprint density at radius 1 is 1.08 bits per heavy atom. The summed E-state index contributed by atoms with van der Waals surface area (Å²) in [6.07, 6.45) is 3.15. The van der Waals surface area contributed by atoms with E-state index in [4.69, 9.17) is 5.73 Å². The molecule has 0 aromatic heterocycles. The average Bonchev–Trinajstić information content (AvgIpc) is 3.15. The van der Waals surface area contributed by atoms with Crippen LogP contribution in [0.5, 0.6) is 0 Å². The molecule has 2 aromatic rings. The second kappa shape index (κ2) is 8.30. The molecule has 1 saturated carbocycles. The predicted molar refractivity (Wildman–Crippen MR) is 102 cm³/mol. The molecule has 25 heavy (non-hydrogen) atoms. The van der Waals surface area contributed by atoms with E-state index in [2.05, 4.69) is 31.2 Å². The molecule has 3 heteroatoms. The molecular weight excluding hydrogens is 308 g/mol. The number of hydrogen-bond acceptors (Lipinski definition) is 2. The summed E-state index contributed by atoms with van der Waals surface area (Å²) in [5.74, 6) is 0.654. The maximum Gasteiger partial charge on any atom is 0.226 e. The first-order chi connectivity index (χ1) is 12.2. The summed E-state index contributed by atoms with van der Waals surface area (Å²) >= 11 is 0. The standard InChI is InChI=1S/C22H28N2O/c1-17(19-11-6-3-7-12-19)24(16-18-9-4-2-5-10-18)22(25)21-14-8-13-20(21)15-23/h2-7,9-12,17,20-21H,8,13-16,23H2,1H3/t17?,20-,21-/m1/s1. The second-order valence-corrected chi connectivity index (χ2v) is 7.07. The van der Waals surface area contributed by atoms with Crippen LogP contribution in [-0.4, -0.2) is 17.4 Å². The van der Waals surface area contributed by atoms with E-state index in [0.717, 1.165) is 19.3 Å². The van der Waals surface area contributed by atoms with Crippen molar-refractivity contribution in [2.75, 3.05) is 6.54 Å². The lowest BCUT2D eigenvalue weighted by Gasteiger charge is -2.33. The second-order valence-electron chi connectivity index (χ2n) is 7.07. The van der Waals surface area contributed by atoms with Gasteiger partial charge in [-0.1, -0.05) is 67.1 Å². The summed E-state index contributed by atoms with van der Waals surface area (Å²) in [5.41, 5.74) is 8.27. The van der Waals surface area contributed by atoms with Crippen LogP contribution in [0.3, 0.4) is 0 Å². The highest BCUT2D eigenvalue weighted by Crippen LogP contribution is 2.35. The van der Waals surface area contributed by atoms with Crippen LogP contribution in [0.2, 0.25) is 0 Å². The molecule has 0 heterocycles. The summed E-state index contributed by atoms with van der Waals surface area (Å²) in [5, 5.41) is 0. The number of hydrogen-bond donors (Lipinski definition) is 1. The molecular formula is C22H28N2O. The first-order valence-corrected chi connectivity index (χ1v) is 9.30. The zero-order chi connectivity index (χ0) is 17.6. The summed E-state index contributed by atoms with van der Waals surface area (Å²) in [7, 11) is 0. The summed E-state index contributed by atoms with van der Waals surface area (Å²) < 4.78 is 0. The predicted octanol–water partition coefficient (Wildman–Crippen LogP) is 4.15. The number of amides is 1. The van der Waals surface area contributed by atoms with Crippen LogP contribution in [0.25, 0.3) is 0 Å². The number of nitrogens with zero attached hydrogens (tertiary/aromatic N) is 1. The highest BCUT2D eigenvalue weighted by atomic mass is 16.2. The molecule has 132 valence electrons. The molecule has 0 bridgehead atoms. The molecule has 0 spiro atoms. The van der Waals surface area contributed by atoms with E-state index >= 15 is 0 Å². The lowest BCUT2D eigenvalue weighted by molar-refractivity contribution is -0.139. The maximum atomic E-state index is 13.4. The van der Waals surface area contributed by atoms with Crippen LogP contribution >= 0.6 is 0 Å². The van der Waals surface area contributed by atoms with Crippen LogP contribution in [-0.2, 0) is 11.3 Å². The SMILES string of the molecule is CC(c1ccccc1)N(Cc1ccccc1)C(=O)[C@@H]1CCC[C@@H]1CN. The Labute approximate surface area is 150 Å². The van der Waals surface area contributed by atoms with Gasteiger partial charge in [-0.05, 0) is 43.4 Å². The molecule has 1 aliphatic rings. The number of carbonyl (C=O) groups is 1. The maximum absolute atomic E-state index is 13.4. The van der Waals surface area contributed by atoms with E-state index in [0.29, 0.717) is 19.0 Å². The molecule has 1 unspecified atom stereocenters. The Morgan fingerprint density at radius 3 is 2.36 bits per heavy atom. The number of benzene rings is 2. The van der Waals surface area contributed by atoms with E-state index in [9.17, 15) is 4.79 Å². The van der Waals surface area contributed by atoms with Crippen LogP contribution in [0.15, 0.2) is 60.7 Å². The third kappa shape index (κ3) is 4.10. The van der Waals surface area contributed by atoms with Gasteiger partial charge in [0.15, 0.2) is 0 Å². The Bertz CT molecular complexity index is 671. The van der Waals surface area contributed by atoms with Crippen molar-refractivity contribution < 1.29 is 4.79 Å². The molecule has 0 aliphatic heterocycles. The van der Waals surface area contributed by atoms with Crippen molar-refractivity contribution in [1.82, 2.24) is 4.90 Å². The molecule has 1 aliphatic carbocycles. The first-order valence-electron chi connectivity index (χ1n) is 9.30. The van der Waals surface area contributed by atoms with Gasteiger partial charge in [0.05, 0.1) is 6.04 Å². The normalized spacial score (nSPS) is 21.0. The van der Waals surface area contributed by atoms with Gasteiger partial charge in [0.25, 0.3) is 0 Å². The lowest BCUT2D eigenvalue weighted by atomic mass is 9.93. The van der Waals surface area contributed by atoms with Gasteiger partial charge in [0.2, 0.25) is 5.91 Å². The van der Waals surface area contributed by atoms with Gasteiger partial charge < -0.3 is 10.6 Å².